The zero-order valence-corrected chi connectivity index (χ0v) is 9.94. The van der Waals surface area contributed by atoms with Crippen LogP contribution in [0.1, 0.15) is 30.9 Å². The van der Waals surface area contributed by atoms with Gasteiger partial charge in [0.05, 0.1) is 11.7 Å². The normalized spacial score (nSPS) is 20.1. The van der Waals surface area contributed by atoms with Crippen LogP contribution in [-0.2, 0) is 11.6 Å². The van der Waals surface area contributed by atoms with E-state index in [1.807, 2.05) is 0 Å². The Bertz CT molecular complexity index is 436. The first-order chi connectivity index (χ1) is 7.79. The number of hydrogen-bond acceptors (Lipinski definition) is 1. The molecule has 1 aromatic carbocycles. The molecule has 94 valence electrons. The average molecular weight is 265 g/mol. The molecule has 5 heteroatoms. The zero-order chi connectivity index (χ0) is 12.8. The number of benzene rings is 1. The maximum absolute atomic E-state index is 12.9. The molecule has 0 saturated heterocycles. The summed E-state index contributed by atoms with van der Waals surface area (Å²) < 4.78 is 38.7. The van der Waals surface area contributed by atoms with Crippen LogP contribution in [0.3, 0.4) is 0 Å². The molecule has 1 aromatic rings. The van der Waals surface area contributed by atoms with E-state index in [1.54, 1.807) is 0 Å². The second kappa shape index (κ2) is 3.89. The highest BCUT2D eigenvalue weighted by molar-refractivity contribution is 6.31. The van der Waals surface area contributed by atoms with Crippen LogP contribution in [0.15, 0.2) is 18.2 Å². The van der Waals surface area contributed by atoms with Crippen LogP contribution in [0.2, 0.25) is 5.02 Å². The fourth-order valence-corrected chi connectivity index (χ4v) is 2.64. The fraction of sp³-hybridized carbons (Fsp3) is 0.500. The van der Waals surface area contributed by atoms with E-state index in [0.717, 1.165) is 6.07 Å². The molecule has 0 radical (unpaired) electrons. The molecule has 1 nitrogen and oxygen atoms in total. The third-order valence-corrected chi connectivity index (χ3v) is 3.72. The Balaban J connectivity index is 2.61. The van der Waals surface area contributed by atoms with Gasteiger partial charge in [0.2, 0.25) is 0 Å². The van der Waals surface area contributed by atoms with Crippen LogP contribution in [0.25, 0.3) is 0 Å². The minimum atomic E-state index is -4.44. The summed E-state index contributed by atoms with van der Waals surface area (Å²) in [6, 6.07) is 3.74. The van der Waals surface area contributed by atoms with Crippen LogP contribution >= 0.6 is 11.6 Å². The molecule has 1 N–H and O–H groups in total. The van der Waals surface area contributed by atoms with Crippen LogP contribution in [0, 0.1) is 0 Å². The summed E-state index contributed by atoms with van der Waals surface area (Å²) in [5.41, 5.74) is -1.50. The van der Waals surface area contributed by atoms with Crippen LogP contribution in [0.5, 0.6) is 0 Å². The van der Waals surface area contributed by atoms with Crippen molar-refractivity contribution in [3.8, 4) is 0 Å². The molecule has 1 fully saturated rings. The van der Waals surface area contributed by atoms with Gasteiger partial charge in [-0.05, 0) is 37.5 Å². The Kier molecular flexibility index (Phi) is 2.91. The highest BCUT2D eigenvalue weighted by atomic mass is 35.5. The van der Waals surface area contributed by atoms with Gasteiger partial charge in [0.15, 0.2) is 0 Å². The van der Waals surface area contributed by atoms with Crippen molar-refractivity contribution in [2.75, 3.05) is 0 Å². The monoisotopic (exact) mass is 264 g/mol. The maximum atomic E-state index is 12.9. The predicted molar refractivity (Wildman–Crippen MR) is 59.0 cm³/mol. The predicted octanol–water partition coefficient (Wildman–Crippen LogP) is 3.77. The van der Waals surface area contributed by atoms with Gasteiger partial charge in [-0.2, -0.15) is 13.2 Å². The molecular formula is C12H12ClF3O. The third kappa shape index (κ3) is 2.04. The second-order valence-electron chi connectivity index (χ2n) is 4.49. The Morgan fingerprint density at radius 1 is 1.35 bits per heavy atom. The standard InChI is InChI=1S/C12H12ClF3O/c1-7(17)11(5-6-11)10-8(12(14,15)16)3-2-4-9(10)13/h2-4,7,17H,5-6H2,1H3. The molecule has 0 heterocycles. The van der Waals surface area contributed by atoms with Gasteiger partial charge in [0.1, 0.15) is 0 Å². The van der Waals surface area contributed by atoms with Crippen molar-refractivity contribution in [2.45, 2.75) is 37.5 Å². The van der Waals surface area contributed by atoms with E-state index in [2.05, 4.69) is 0 Å². The molecular weight excluding hydrogens is 253 g/mol. The van der Waals surface area contributed by atoms with E-state index in [0.29, 0.717) is 12.8 Å². The summed E-state index contributed by atoms with van der Waals surface area (Å²) in [4.78, 5) is 0. The molecule has 17 heavy (non-hydrogen) atoms. The number of alkyl halides is 3. The Hall–Kier alpha value is -0.740. The van der Waals surface area contributed by atoms with Crippen LogP contribution in [-0.4, -0.2) is 11.2 Å². The lowest BCUT2D eigenvalue weighted by atomic mass is 9.87. The van der Waals surface area contributed by atoms with Crippen molar-refractivity contribution in [1.82, 2.24) is 0 Å². The van der Waals surface area contributed by atoms with E-state index >= 15 is 0 Å². The lowest BCUT2D eigenvalue weighted by Gasteiger charge is -2.24. The van der Waals surface area contributed by atoms with Gasteiger partial charge in [0, 0.05) is 10.4 Å². The van der Waals surface area contributed by atoms with Crippen molar-refractivity contribution in [3.05, 3.63) is 34.3 Å². The number of rotatable bonds is 2. The van der Waals surface area contributed by atoms with Crippen LogP contribution < -0.4 is 0 Å². The van der Waals surface area contributed by atoms with E-state index in [1.165, 1.54) is 19.1 Å². The highest BCUT2D eigenvalue weighted by Gasteiger charge is 2.53. The average Bonchev–Trinajstić information content (AvgIpc) is 2.96. The first kappa shape index (κ1) is 12.7. The largest absolute Gasteiger partial charge is 0.416 e. The number of aliphatic hydroxyl groups excluding tert-OH is 1. The Labute approximate surface area is 102 Å². The van der Waals surface area contributed by atoms with Crippen LogP contribution in [0.4, 0.5) is 13.2 Å². The van der Waals surface area contributed by atoms with Gasteiger partial charge < -0.3 is 5.11 Å². The van der Waals surface area contributed by atoms with Crippen molar-refractivity contribution >= 4 is 11.6 Å². The minimum Gasteiger partial charge on any atom is -0.392 e. The minimum absolute atomic E-state index is 0.0455. The molecule has 0 aromatic heterocycles. The lowest BCUT2D eigenvalue weighted by molar-refractivity contribution is -0.138. The summed E-state index contributed by atoms with van der Waals surface area (Å²) in [7, 11) is 0. The molecule has 0 bridgehead atoms. The second-order valence-corrected chi connectivity index (χ2v) is 4.90. The molecule has 1 saturated carbocycles. The van der Waals surface area contributed by atoms with E-state index in [-0.39, 0.29) is 10.6 Å². The van der Waals surface area contributed by atoms with Gasteiger partial charge in [-0.15, -0.1) is 0 Å². The van der Waals surface area contributed by atoms with E-state index in [9.17, 15) is 18.3 Å². The van der Waals surface area contributed by atoms with Crippen molar-refractivity contribution in [3.63, 3.8) is 0 Å². The maximum Gasteiger partial charge on any atom is 0.416 e. The topological polar surface area (TPSA) is 20.2 Å². The summed E-state index contributed by atoms with van der Waals surface area (Å²) in [6.45, 7) is 1.51. The third-order valence-electron chi connectivity index (χ3n) is 3.41. The number of halogens is 4. The summed E-state index contributed by atoms with van der Waals surface area (Å²) in [5.74, 6) is 0. The zero-order valence-electron chi connectivity index (χ0n) is 9.18. The molecule has 1 aliphatic carbocycles. The molecule has 0 spiro atoms. The summed E-state index contributed by atoms with van der Waals surface area (Å²) in [5, 5.41) is 9.77. The van der Waals surface area contributed by atoms with Gasteiger partial charge >= 0.3 is 6.18 Å². The molecule has 1 unspecified atom stereocenters. The van der Waals surface area contributed by atoms with Crippen molar-refractivity contribution in [2.24, 2.45) is 0 Å². The quantitative estimate of drug-likeness (QED) is 0.862. The van der Waals surface area contributed by atoms with Crippen molar-refractivity contribution < 1.29 is 18.3 Å². The smallest absolute Gasteiger partial charge is 0.392 e. The molecule has 2 rings (SSSR count). The number of aliphatic hydroxyl groups is 1. The molecule has 0 aliphatic heterocycles. The van der Waals surface area contributed by atoms with Gasteiger partial charge in [-0.3, -0.25) is 0 Å². The van der Waals surface area contributed by atoms with E-state index < -0.39 is 23.3 Å². The lowest BCUT2D eigenvalue weighted by Crippen LogP contribution is -2.26. The molecule has 1 aliphatic rings. The van der Waals surface area contributed by atoms with Gasteiger partial charge in [-0.1, -0.05) is 17.7 Å². The number of hydrogen-bond donors (Lipinski definition) is 1. The molecule has 1 atom stereocenters. The Morgan fingerprint density at radius 3 is 2.35 bits per heavy atom. The van der Waals surface area contributed by atoms with Crippen molar-refractivity contribution in [1.29, 1.82) is 0 Å². The first-order valence-electron chi connectivity index (χ1n) is 5.33. The molecule has 0 amide bonds. The highest BCUT2D eigenvalue weighted by Crippen LogP contribution is 2.56. The first-order valence-corrected chi connectivity index (χ1v) is 5.71. The summed E-state index contributed by atoms with van der Waals surface area (Å²) in [6.07, 6.45) is -4.19. The van der Waals surface area contributed by atoms with Gasteiger partial charge in [-0.25, -0.2) is 0 Å². The fourth-order valence-electron chi connectivity index (χ4n) is 2.28. The van der Waals surface area contributed by atoms with E-state index in [4.69, 9.17) is 11.6 Å². The summed E-state index contributed by atoms with van der Waals surface area (Å²) >= 11 is 5.89. The Morgan fingerprint density at radius 2 is 1.94 bits per heavy atom. The SMILES string of the molecule is CC(O)C1(c2c(Cl)cccc2C(F)(F)F)CC1. The van der Waals surface area contributed by atoms with Gasteiger partial charge in [0.25, 0.3) is 0 Å².